The second kappa shape index (κ2) is 8.50. The Morgan fingerprint density at radius 2 is 1.78 bits per heavy atom. The molecule has 1 atom stereocenters. The third kappa shape index (κ3) is 3.86. The molecule has 0 N–H and O–H groups in total. The average Bonchev–Trinajstić information content (AvgIpc) is 3.37. The van der Waals surface area contributed by atoms with Gasteiger partial charge in [-0.1, -0.05) is 42.5 Å². The van der Waals surface area contributed by atoms with Gasteiger partial charge in [-0.2, -0.15) is 0 Å². The number of amides is 1. The van der Waals surface area contributed by atoms with Gasteiger partial charge in [0.2, 0.25) is 5.91 Å². The second-order valence-electron chi connectivity index (χ2n) is 8.47. The summed E-state index contributed by atoms with van der Waals surface area (Å²) in [5.74, 6) is 2.02. The normalized spacial score (nSPS) is 16.1. The molecule has 5 rings (SSSR count). The van der Waals surface area contributed by atoms with E-state index >= 15 is 0 Å². The molecule has 32 heavy (non-hydrogen) atoms. The van der Waals surface area contributed by atoms with Gasteiger partial charge in [0, 0.05) is 24.6 Å². The Bertz CT molecular complexity index is 1260. The Hall–Kier alpha value is -3.60. The molecule has 0 radical (unpaired) electrons. The summed E-state index contributed by atoms with van der Waals surface area (Å²) in [6.07, 6.45) is 0.468. The zero-order valence-electron chi connectivity index (χ0n) is 18.5. The van der Waals surface area contributed by atoms with Crippen LogP contribution in [0.3, 0.4) is 0 Å². The standard InChI is InChI=1S/C27H27N3O2/c1-19-12-13-20(2)25(16-19)30-18-21(17-26(30)31)27-28-23-10-6-7-11-24(23)29(27)14-15-32-22-8-4-3-5-9-22/h3-13,16,21H,14-15,17-18H2,1-2H3/t21-/m0/s1. The van der Waals surface area contributed by atoms with E-state index in [2.05, 4.69) is 42.7 Å². The Balaban J connectivity index is 1.43. The van der Waals surface area contributed by atoms with Crippen LogP contribution in [-0.4, -0.2) is 28.6 Å². The van der Waals surface area contributed by atoms with Crippen molar-refractivity contribution in [2.45, 2.75) is 32.7 Å². The number of para-hydroxylation sites is 3. The fraction of sp³-hybridized carbons (Fsp3) is 0.259. The number of hydrogen-bond donors (Lipinski definition) is 0. The molecule has 162 valence electrons. The molecule has 5 nitrogen and oxygen atoms in total. The third-order valence-corrected chi connectivity index (χ3v) is 6.16. The van der Waals surface area contributed by atoms with Crippen LogP contribution in [0.25, 0.3) is 11.0 Å². The molecule has 1 aromatic heterocycles. The van der Waals surface area contributed by atoms with Crippen molar-refractivity contribution in [3.8, 4) is 5.75 Å². The van der Waals surface area contributed by atoms with Crippen LogP contribution in [0.1, 0.15) is 29.3 Å². The lowest BCUT2D eigenvalue weighted by atomic mass is 10.1. The molecule has 2 heterocycles. The lowest BCUT2D eigenvalue weighted by Gasteiger charge is -2.20. The quantitative estimate of drug-likeness (QED) is 0.424. The van der Waals surface area contributed by atoms with E-state index in [1.807, 2.05) is 53.4 Å². The minimum Gasteiger partial charge on any atom is -0.492 e. The smallest absolute Gasteiger partial charge is 0.227 e. The summed E-state index contributed by atoms with van der Waals surface area (Å²) in [6.45, 7) is 5.99. The van der Waals surface area contributed by atoms with E-state index in [9.17, 15) is 4.79 Å². The zero-order chi connectivity index (χ0) is 22.1. The number of hydrogen-bond acceptors (Lipinski definition) is 3. The molecular formula is C27H27N3O2. The summed E-state index contributed by atoms with van der Waals surface area (Å²) in [4.78, 5) is 19.9. The SMILES string of the molecule is Cc1ccc(C)c(N2C[C@@H](c3nc4ccccc4n3CCOc3ccccc3)CC2=O)c1. The summed E-state index contributed by atoms with van der Waals surface area (Å²) in [6, 6.07) is 24.3. The topological polar surface area (TPSA) is 47.4 Å². The van der Waals surface area contributed by atoms with Crippen LogP contribution in [0, 0.1) is 13.8 Å². The molecular weight excluding hydrogens is 398 g/mol. The van der Waals surface area contributed by atoms with Gasteiger partial charge in [0.25, 0.3) is 0 Å². The fourth-order valence-corrected chi connectivity index (χ4v) is 4.54. The van der Waals surface area contributed by atoms with Crippen LogP contribution >= 0.6 is 0 Å². The molecule has 0 saturated carbocycles. The summed E-state index contributed by atoms with van der Waals surface area (Å²) in [7, 11) is 0. The molecule has 5 heteroatoms. The van der Waals surface area contributed by atoms with Crippen molar-refractivity contribution in [2.24, 2.45) is 0 Å². The number of anilines is 1. The molecule has 1 amide bonds. The lowest BCUT2D eigenvalue weighted by molar-refractivity contribution is -0.117. The largest absolute Gasteiger partial charge is 0.492 e. The number of carbonyl (C=O) groups excluding carboxylic acids is 1. The van der Waals surface area contributed by atoms with Crippen LogP contribution in [0.4, 0.5) is 5.69 Å². The van der Waals surface area contributed by atoms with Gasteiger partial charge >= 0.3 is 0 Å². The lowest BCUT2D eigenvalue weighted by Crippen LogP contribution is -2.25. The summed E-state index contributed by atoms with van der Waals surface area (Å²) in [5.41, 5.74) is 5.32. The molecule has 0 spiro atoms. The van der Waals surface area contributed by atoms with Gasteiger partial charge in [-0.3, -0.25) is 4.79 Å². The highest BCUT2D eigenvalue weighted by molar-refractivity contribution is 5.97. The van der Waals surface area contributed by atoms with Crippen molar-refractivity contribution < 1.29 is 9.53 Å². The molecule has 1 fully saturated rings. The van der Waals surface area contributed by atoms with Crippen molar-refractivity contribution in [2.75, 3.05) is 18.1 Å². The number of benzene rings is 3. The second-order valence-corrected chi connectivity index (χ2v) is 8.47. The van der Waals surface area contributed by atoms with Crippen LogP contribution < -0.4 is 9.64 Å². The highest BCUT2D eigenvalue weighted by atomic mass is 16.5. The Labute approximate surface area is 188 Å². The molecule has 1 aliphatic heterocycles. The molecule has 0 unspecified atom stereocenters. The zero-order valence-corrected chi connectivity index (χ0v) is 18.5. The van der Waals surface area contributed by atoms with Crippen molar-refractivity contribution in [1.82, 2.24) is 9.55 Å². The van der Waals surface area contributed by atoms with E-state index in [1.165, 1.54) is 0 Å². The van der Waals surface area contributed by atoms with Crippen molar-refractivity contribution in [3.63, 3.8) is 0 Å². The number of ether oxygens (including phenoxy) is 1. The van der Waals surface area contributed by atoms with Crippen LogP contribution in [0.2, 0.25) is 0 Å². The van der Waals surface area contributed by atoms with E-state index in [0.29, 0.717) is 26.1 Å². The van der Waals surface area contributed by atoms with Crippen LogP contribution in [0.5, 0.6) is 5.75 Å². The highest BCUT2D eigenvalue weighted by Crippen LogP contribution is 2.34. The Morgan fingerprint density at radius 3 is 2.62 bits per heavy atom. The van der Waals surface area contributed by atoms with Crippen molar-refractivity contribution in [3.05, 3.63) is 89.7 Å². The first-order chi connectivity index (χ1) is 15.6. The molecule has 1 aliphatic rings. The predicted molar refractivity (Wildman–Crippen MR) is 127 cm³/mol. The van der Waals surface area contributed by atoms with Gasteiger partial charge in [-0.25, -0.2) is 4.98 Å². The molecule has 3 aromatic carbocycles. The van der Waals surface area contributed by atoms with Gasteiger partial charge in [-0.15, -0.1) is 0 Å². The molecule has 1 saturated heterocycles. The highest BCUT2D eigenvalue weighted by Gasteiger charge is 2.35. The first-order valence-electron chi connectivity index (χ1n) is 11.1. The first-order valence-corrected chi connectivity index (χ1v) is 11.1. The maximum atomic E-state index is 13.0. The minimum absolute atomic E-state index is 0.0477. The maximum absolute atomic E-state index is 13.0. The summed E-state index contributed by atoms with van der Waals surface area (Å²) < 4.78 is 8.19. The van der Waals surface area contributed by atoms with E-state index in [4.69, 9.17) is 9.72 Å². The number of carbonyl (C=O) groups is 1. The monoisotopic (exact) mass is 425 g/mol. The maximum Gasteiger partial charge on any atom is 0.227 e. The fourth-order valence-electron chi connectivity index (χ4n) is 4.54. The van der Waals surface area contributed by atoms with E-state index in [1.54, 1.807) is 0 Å². The Morgan fingerprint density at radius 1 is 1.00 bits per heavy atom. The van der Waals surface area contributed by atoms with Crippen molar-refractivity contribution >= 4 is 22.6 Å². The van der Waals surface area contributed by atoms with Gasteiger partial charge < -0.3 is 14.2 Å². The predicted octanol–water partition coefficient (Wildman–Crippen LogP) is 5.25. The van der Waals surface area contributed by atoms with E-state index < -0.39 is 0 Å². The van der Waals surface area contributed by atoms with Gasteiger partial charge in [0.1, 0.15) is 18.2 Å². The number of nitrogens with zero attached hydrogens (tertiary/aromatic N) is 3. The van der Waals surface area contributed by atoms with E-state index in [-0.39, 0.29) is 11.8 Å². The first kappa shape index (κ1) is 20.3. The van der Waals surface area contributed by atoms with Crippen LogP contribution in [0.15, 0.2) is 72.8 Å². The van der Waals surface area contributed by atoms with Gasteiger partial charge in [-0.05, 0) is 55.3 Å². The minimum atomic E-state index is 0.0477. The molecule has 0 bridgehead atoms. The number of aromatic nitrogens is 2. The molecule has 4 aromatic rings. The van der Waals surface area contributed by atoms with Crippen molar-refractivity contribution in [1.29, 1.82) is 0 Å². The summed E-state index contributed by atoms with van der Waals surface area (Å²) >= 11 is 0. The Kier molecular flexibility index (Phi) is 5.39. The summed E-state index contributed by atoms with van der Waals surface area (Å²) in [5, 5.41) is 0. The average molecular weight is 426 g/mol. The number of fused-ring (bicyclic) bond motifs is 1. The number of imidazole rings is 1. The number of rotatable bonds is 6. The number of aryl methyl sites for hydroxylation is 2. The van der Waals surface area contributed by atoms with E-state index in [0.717, 1.165) is 39.4 Å². The molecule has 0 aliphatic carbocycles. The van der Waals surface area contributed by atoms with Gasteiger partial charge in [0.05, 0.1) is 17.6 Å². The van der Waals surface area contributed by atoms with Gasteiger partial charge in [0.15, 0.2) is 0 Å². The third-order valence-electron chi connectivity index (χ3n) is 6.16. The van der Waals surface area contributed by atoms with Crippen LogP contribution in [-0.2, 0) is 11.3 Å².